The zero-order chi connectivity index (χ0) is 16.4. The third-order valence-corrected chi connectivity index (χ3v) is 3.24. The molecule has 6 nitrogen and oxygen atoms in total. The van der Waals surface area contributed by atoms with E-state index in [0.29, 0.717) is 11.8 Å². The first-order valence-electron chi connectivity index (χ1n) is 5.48. The van der Waals surface area contributed by atoms with Gasteiger partial charge in [0.1, 0.15) is 5.75 Å². The van der Waals surface area contributed by atoms with E-state index in [9.17, 15) is 26.0 Å². The second kappa shape index (κ2) is 5.83. The first-order chi connectivity index (χ1) is 10.2. The van der Waals surface area contributed by atoms with Crippen LogP contribution in [0.2, 0.25) is 0 Å². The van der Waals surface area contributed by atoms with Gasteiger partial charge in [-0.25, -0.2) is 4.39 Å². The number of rotatable bonds is 5. The van der Waals surface area contributed by atoms with Gasteiger partial charge in [0.2, 0.25) is 12.8 Å². The van der Waals surface area contributed by atoms with E-state index in [4.69, 9.17) is 4.42 Å². The molecule has 2 rings (SSSR count). The van der Waals surface area contributed by atoms with Crippen LogP contribution in [0.3, 0.4) is 0 Å². The highest BCUT2D eigenvalue weighted by Gasteiger charge is 2.49. The van der Waals surface area contributed by atoms with Crippen LogP contribution in [0.25, 0.3) is 11.5 Å². The Hall–Kier alpha value is -2.30. The van der Waals surface area contributed by atoms with Gasteiger partial charge >= 0.3 is 15.6 Å². The molecule has 0 amide bonds. The van der Waals surface area contributed by atoms with Gasteiger partial charge < -0.3 is 13.3 Å². The summed E-state index contributed by atoms with van der Waals surface area (Å²) < 4.78 is 83.2. The SMILES string of the molecule is O=S(=O)(Oc1coc(-c2ccc(OCF)cc2)n1)C(F)(F)F. The fraction of sp³-hybridized carbons (Fsp3) is 0.182. The maximum absolute atomic E-state index is 12.1. The molecule has 1 heterocycles. The largest absolute Gasteiger partial charge is 0.534 e. The van der Waals surface area contributed by atoms with Crippen LogP contribution in [-0.4, -0.2) is 25.8 Å². The molecule has 0 saturated carbocycles. The van der Waals surface area contributed by atoms with Gasteiger partial charge in [0, 0.05) is 5.56 Å². The lowest BCUT2D eigenvalue weighted by atomic mass is 10.2. The van der Waals surface area contributed by atoms with Crippen molar-refractivity contribution in [2.45, 2.75) is 5.51 Å². The summed E-state index contributed by atoms with van der Waals surface area (Å²) in [6, 6.07) is 5.51. The van der Waals surface area contributed by atoms with Crippen molar-refractivity contribution in [2.75, 3.05) is 6.86 Å². The van der Waals surface area contributed by atoms with Crippen LogP contribution in [-0.2, 0) is 10.1 Å². The third kappa shape index (κ3) is 3.47. The van der Waals surface area contributed by atoms with Crippen LogP contribution in [0, 0.1) is 0 Å². The van der Waals surface area contributed by atoms with Crippen molar-refractivity contribution >= 4 is 10.1 Å². The van der Waals surface area contributed by atoms with E-state index in [1.807, 2.05) is 0 Å². The lowest BCUT2D eigenvalue weighted by Gasteiger charge is -2.05. The number of benzene rings is 1. The number of oxazole rings is 1. The molecular formula is C11H7F4NO5S. The molecule has 0 aliphatic carbocycles. The van der Waals surface area contributed by atoms with Crippen molar-refractivity contribution in [2.24, 2.45) is 0 Å². The monoisotopic (exact) mass is 341 g/mol. The van der Waals surface area contributed by atoms with Crippen LogP contribution >= 0.6 is 0 Å². The molecule has 0 atom stereocenters. The molecule has 0 saturated heterocycles. The number of alkyl halides is 4. The molecule has 0 unspecified atom stereocenters. The van der Waals surface area contributed by atoms with E-state index in [1.54, 1.807) is 0 Å². The lowest BCUT2D eigenvalue weighted by Crippen LogP contribution is -2.28. The summed E-state index contributed by atoms with van der Waals surface area (Å²) in [6.45, 7) is -1.02. The van der Waals surface area contributed by atoms with Gasteiger partial charge in [-0.15, -0.1) is 0 Å². The minimum atomic E-state index is -5.82. The third-order valence-electron chi connectivity index (χ3n) is 2.28. The maximum Gasteiger partial charge on any atom is 0.534 e. The van der Waals surface area contributed by atoms with Crippen LogP contribution in [0.1, 0.15) is 0 Å². The van der Waals surface area contributed by atoms with Crippen molar-refractivity contribution in [1.29, 1.82) is 0 Å². The van der Waals surface area contributed by atoms with Gasteiger partial charge in [-0.1, -0.05) is 0 Å². The van der Waals surface area contributed by atoms with Crippen molar-refractivity contribution in [3.8, 4) is 23.1 Å². The molecule has 22 heavy (non-hydrogen) atoms. The Bertz CT molecular complexity index is 739. The molecular weight excluding hydrogens is 334 g/mol. The summed E-state index contributed by atoms with van der Waals surface area (Å²) >= 11 is 0. The van der Waals surface area contributed by atoms with Gasteiger partial charge in [0.25, 0.3) is 5.88 Å². The van der Waals surface area contributed by atoms with Crippen LogP contribution < -0.4 is 8.92 Å². The Balaban J connectivity index is 2.18. The Morgan fingerprint density at radius 2 is 1.82 bits per heavy atom. The van der Waals surface area contributed by atoms with Gasteiger partial charge in [-0.3, -0.25) is 0 Å². The Morgan fingerprint density at radius 1 is 1.18 bits per heavy atom. The van der Waals surface area contributed by atoms with Gasteiger partial charge in [0.15, 0.2) is 6.26 Å². The first-order valence-corrected chi connectivity index (χ1v) is 6.89. The van der Waals surface area contributed by atoms with Gasteiger partial charge in [-0.05, 0) is 24.3 Å². The smallest absolute Gasteiger partial charge is 0.463 e. The van der Waals surface area contributed by atoms with E-state index < -0.39 is 28.4 Å². The number of hydrogen-bond donors (Lipinski definition) is 0. The van der Waals surface area contributed by atoms with Crippen molar-refractivity contribution in [3.05, 3.63) is 30.5 Å². The molecule has 0 radical (unpaired) electrons. The zero-order valence-electron chi connectivity index (χ0n) is 10.5. The molecule has 0 N–H and O–H groups in total. The maximum atomic E-state index is 12.1. The number of hydrogen-bond acceptors (Lipinski definition) is 6. The van der Waals surface area contributed by atoms with E-state index in [1.165, 1.54) is 24.3 Å². The molecule has 1 aromatic heterocycles. The summed E-state index contributed by atoms with van der Waals surface area (Å²) in [5, 5.41) is 0. The number of aromatic nitrogens is 1. The van der Waals surface area contributed by atoms with Crippen LogP contribution in [0.4, 0.5) is 17.6 Å². The summed E-state index contributed by atoms with van der Waals surface area (Å²) in [4.78, 5) is 3.47. The van der Waals surface area contributed by atoms with Crippen LogP contribution in [0.5, 0.6) is 11.6 Å². The highest BCUT2D eigenvalue weighted by Crippen LogP contribution is 2.29. The predicted molar refractivity (Wildman–Crippen MR) is 64.1 cm³/mol. The molecule has 2 aromatic rings. The molecule has 1 aromatic carbocycles. The zero-order valence-corrected chi connectivity index (χ0v) is 11.3. The molecule has 0 aliphatic rings. The number of halogens is 4. The Labute approximate surface area is 121 Å². The minimum Gasteiger partial charge on any atom is -0.463 e. The van der Waals surface area contributed by atoms with Crippen molar-refractivity contribution in [3.63, 3.8) is 0 Å². The van der Waals surface area contributed by atoms with Crippen molar-refractivity contribution < 1.29 is 39.3 Å². The molecule has 0 spiro atoms. The molecule has 0 fully saturated rings. The van der Waals surface area contributed by atoms with E-state index in [-0.39, 0.29) is 11.6 Å². The Kier molecular flexibility index (Phi) is 4.26. The first kappa shape index (κ1) is 16.1. The van der Waals surface area contributed by atoms with Crippen molar-refractivity contribution in [1.82, 2.24) is 4.98 Å². The Morgan fingerprint density at radius 3 is 2.36 bits per heavy atom. The number of nitrogens with zero attached hydrogens (tertiary/aromatic N) is 1. The normalized spacial score (nSPS) is 12.2. The summed E-state index contributed by atoms with van der Waals surface area (Å²) in [6.07, 6.45) is 0.616. The summed E-state index contributed by atoms with van der Waals surface area (Å²) in [7, 11) is -5.82. The predicted octanol–water partition coefficient (Wildman–Crippen LogP) is 2.88. The average Bonchev–Trinajstić information content (AvgIpc) is 2.86. The summed E-state index contributed by atoms with van der Waals surface area (Å²) in [5.74, 6) is -0.829. The van der Waals surface area contributed by atoms with E-state index in [0.717, 1.165) is 0 Å². The minimum absolute atomic E-state index is 0.181. The average molecular weight is 341 g/mol. The molecule has 0 bridgehead atoms. The van der Waals surface area contributed by atoms with Gasteiger partial charge in [-0.2, -0.15) is 26.6 Å². The second-order valence-corrected chi connectivity index (χ2v) is 5.29. The van der Waals surface area contributed by atoms with Gasteiger partial charge in [0.05, 0.1) is 0 Å². The molecule has 0 aliphatic heterocycles. The number of ether oxygens (including phenoxy) is 1. The molecule has 11 heteroatoms. The second-order valence-electron chi connectivity index (χ2n) is 3.75. The molecule has 120 valence electrons. The van der Waals surface area contributed by atoms with Crippen LogP contribution in [0.15, 0.2) is 34.9 Å². The topological polar surface area (TPSA) is 78.6 Å². The van der Waals surface area contributed by atoms with E-state index >= 15 is 0 Å². The highest BCUT2D eigenvalue weighted by atomic mass is 32.2. The fourth-order valence-corrected chi connectivity index (χ4v) is 1.74. The summed E-state index contributed by atoms with van der Waals surface area (Å²) in [5.41, 5.74) is -5.28. The van der Waals surface area contributed by atoms with E-state index in [2.05, 4.69) is 13.9 Å². The standard InChI is InChI=1S/C11H7F4NO5S/c12-6-20-8-3-1-7(2-4-8)10-16-9(5-19-10)21-22(17,18)11(13,14)15/h1-5H,6H2. The highest BCUT2D eigenvalue weighted by molar-refractivity contribution is 7.87. The fourth-order valence-electron chi connectivity index (χ4n) is 1.35. The quantitative estimate of drug-likeness (QED) is 0.473. The lowest BCUT2D eigenvalue weighted by molar-refractivity contribution is -0.0501.